The Morgan fingerprint density at radius 3 is 2.38 bits per heavy atom. The van der Waals surface area contributed by atoms with E-state index in [4.69, 9.17) is 5.73 Å². The first-order valence-corrected chi connectivity index (χ1v) is 6.49. The molecule has 2 fully saturated rings. The van der Waals surface area contributed by atoms with Crippen molar-refractivity contribution in [2.75, 3.05) is 39.8 Å². The van der Waals surface area contributed by atoms with Crippen LogP contribution in [0, 0.1) is 5.92 Å². The summed E-state index contributed by atoms with van der Waals surface area (Å²) in [5.74, 6) is 1.58. The molecule has 2 N–H and O–H groups in total. The largest absolute Gasteiger partial charge is 0.370 e. The van der Waals surface area contributed by atoms with Crippen LogP contribution < -0.4 is 5.73 Å². The highest BCUT2D eigenvalue weighted by atomic mass is 15.3. The van der Waals surface area contributed by atoms with E-state index >= 15 is 0 Å². The normalized spacial score (nSPS) is 25.3. The van der Waals surface area contributed by atoms with Gasteiger partial charge in [0.25, 0.3) is 0 Å². The molecule has 2 saturated heterocycles. The number of rotatable bonds is 2. The Balaban J connectivity index is 1.72. The van der Waals surface area contributed by atoms with Gasteiger partial charge in [-0.15, -0.1) is 0 Å². The van der Waals surface area contributed by atoms with Gasteiger partial charge in [-0.25, -0.2) is 0 Å². The maximum absolute atomic E-state index is 5.82. The number of likely N-dealkylation sites (tertiary alicyclic amines) is 2. The maximum atomic E-state index is 5.82. The van der Waals surface area contributed by atoms with Crippen molar-refractivity contribution in [2.45, 2.75) is 25.7 Å². The van der Waals surface area contributed by atoms with Crippen molar-refractivity contribution < 1.29 is 0 Å². The van der Waals surface area contributed by atoms with Crippen LogP contribution in [0.1, 0.15) is 25.7 Å². The van der Waals surface area contributed by atoms with Crippen LogP contribution in [-0.2, 0) is 0 Å². The molecular weight excluding hydrogens is 200 g/mol. The lowest BCUT2D eigenvalue weighted by Gasteiger charge is -2.34. The van der Waals surface area contributed by atoms with Crippen LogP contribution in [0.25, 0.3) is 0 Å². The smallest absolute Gasteiger partial charge is 0.190 e. The van der Waals surface area contributed by atoms with E-state index in [0.717, 1.165) is 19.0 Å². The van der Waals surface area contributed by atoms with Crippen LogP contribution in [0.5, 0.6) is 0 Å². The van der Waals surface area contributed by atoms with Crippen molar-refractivity contribution in [1.29, 1.82) is 0 Å². The zero-order valence-electron chi connectivity index (χ0n) is 10.4. The number of piperidine rings is 1. The Morgan fingerprint density at radius 2 is 1.81 bits per heavy atom. The van der Waals surface area contributed by atoms with Gasteiger partial charge in [0.1, 0.15) is 0 Å². The molecule has 0 amide bonds. The minimum absolute atomic E-state index is 0.708. The lowest BCUT2D eigenvalue weighted by Crippen LogP contribution is -2.44. The van der Waals surface area contributed by atoms with E-state index in [9.17, 15) is 0 Å². The Hall–Kier alpha value is -0.770. The zero-order chi connectivity index (χ0) is 11.4. The molecule has 0 saturated carbocycles. The first-order valence-electron chi connectivity index (χ1n) is 6.49. The minimum atomic E-state index is 0.708. The molecule has 0 bridgehead atoms. The second kappa shape index (κ2) is 5.53. The number of hydrogen-bond donors (Lipinski definition) is 1. The highest BCUT2D eigenvalue weighted by molar-refractivity contribution is 5.77. The molecule has 2 aliphatic heterocycles. The topological polar surface area (TPSA) is 44.9 Å². The van der Waals surface area contributed by atoms with Crippen LogP contribution in [0.4, 0.5) is 0 Å². The molecule has 4 heteroatoms. The average Bonchev–Trinajstić information content (AvgIpc) is 2.82. The van der Waals surface area contributed by atoms with Gasteiger partial charge in [0.2, 0.25) is 0 Å². The van der Waals surface area contributed by atoms with Gasteiger partial charge >= 0.3 is 0 Å². The van der Waals surface area contributed by atoms with E-state index in [1.54, 1.807) is 7.05 Å². The summed E-state index contributed by atoms with van der Waals surface area (Å²) >= 11 is 0. The third-order valence-corrected chi connectivity index (χ3v) is 3.88. The van der Waals surface area contributed by atoms with E-state index in [1.165, 1.54) is 45.3 Å². The van der Waals surface area contributed by atoms with Crippen molar-refractivity contribution in [3.05, 3.63) is 0 Å². The molecule has 0 aliphatic carbocycles. The molecule has 0 radical (unpaired) electrons. The molecule has 0 aromatic heterocycles. The SMILES string of the molecule is CN=C(N)N1CCC(CN2CCCC2)CC1. The first-order chi connectivity index (χ1) is 7.79. The minimum Gasteiger partial charge on any atom is -0.370 e. The number of nitrogens with zero attached hydrogens (tertiary/aromatic N) is 3. The molecule has 0 aromatic rings. The van der Waals surface area contributed by atoms with Gasteiger partial charge in [-0.1, -0.05) is 0 Å². The van der Waals surface area contributed by atoms with Crippen LogP contribution >= 0.6 is 0 Å². The van der Waals surface area contributed by atoms with Crippen LogP contribution in [0.2, 0.25) is 0 Å². The standard InChI is InChI=1S/C12H24N4/c1-14-12(13)16-8-4-11(5-9-16)10-15-6-2-3-7-15/h11H,2-10H2,1H3,(H2,13,14). The predicted molar refractivity (Wildman–Crippen MR) is 67.5 cm³/mol. The Morgan fingerprint density at radius 1 is 1.19 bits per heavy atom. The molecule has 16 heavy (non-hydrogen) atoms. The van der Waals surface area contributed by atoms with Gasteiger partial charge in [0, 0.05) is 26.7 Å². The van der Waals surface area contributed by atoms with Crippen molar-refractivity contribution >= 4 is 5.96 Å². The zero-order valence-corrected chi connectivity index (χ0v) is 10.4. The molecule has 2 aliphatic rings. The van der Waals surface area contributed by atoms with Gasteiger partial charge in [-0.05, 0) is 44.7 Å². The fourth-order valence-electron chi connectivity index (χ4n) is 2.82. The van der Waals surface area contributed by atoms with Gasteiger partial charge in [-0.3, -0.25) is 4.99 Å². The monoisotopic (exact) mass is 224 g/mol. The molecule has 0 unspecified atom stereocenters. The average molecular weight is 224 g/mol. The molecule has 0 spiro atoms. The third kappa shape index (κ3) is 2.88. The van der Waals surface area contributed by atoms with Crippen LogP contribution in [0.15, 0.2) is 4.99 Å². The Bertz CT molecular complexity index is 237. The lowest BCUT2D eigenvalue weighted by atomic mass is 9.96. The highest BCUT2D eigenvalue weighted by Crippen LogP contribution is 2.20. The summed E-state index contributed by atoms with van der Waals surface area (Å²) in [4.78, 5) is 8.88. The van der Waals surface area contributed by atoms with Crippen molar-refractivity contribution in [3.8, 4) is 0 Å². The first kappa shape index (κ1) is 11.7. The van der Waals surface area contributed by atoms with E-state index < -0.39 is 0 Å². The molecule has 92 valence electrons. The second-order valence-electron chi connectivity index (χ2n) is 5.02. The Labute approximate surface area is 98.5 Å². The van der Waals surface area contributed by atoms with Crippen molar-refractivity contribution in [3.63, 3.8) is 0 Å². The predicted octanol–water partition coefficient (Wildman–Crippen LogP) is 0.739. The summed E-state index contributed by atoms with van der Waals surface area (Å²) in [7, 11) is 1.77. The second-order valence-corrected chi connectivity index (χ2v) is 5.02. The van der Waals surface area contributed by atoms with E-state index in [2.05, 4.69) is 14.8 Å². The van der Waals surface area contributed by atoms with Crippen molar-refractivity contribution in [2.24, 2.45) is 16.6 Å². The number of hydrogen-bond acceptors (Lipinski definition) is 2. The molecule has 2 heterocycles. The number of guanidine groups is 1. The van der Waals surface area contributed by atoms with Gasteiger partial charge in [0.05, 0.1) is 0 Å². The number of nitrogens with two attached hydrogens (primary N) is 1. The van der Waals surface area contributed by atoms with Gasteiger partial charge < -0.3 is 15.5 Å². The summed E-state index contributed by atoms with van der Waals surface area (Å²) in [6.45, 7) is 6.11. The maximum Gasteiger partial charge on any atom is 0.190 e. The van der Waals surface area contributed by atoms with E-state index in [1.807, 2.05) is 0 Å². The summed E-state index contributed by atoms with van der Waals surface area (Å²) < 4.78 is 0. The third-order valence-electron chi connectivity index (χ3n) is 3.88. The molecule has 0 aromatic carbocycles. The molecule has 4 nitrogen and oxygen atoms in total. The van der Waals surface area contributed by atoms with Gasteiger partial charge in [0.15, 0.2) is 5.96 Å². The van der Waals surface area contributed by atoms with E-state index in [0.29, 0.717) is 5.96 Å². The summed E-state index contributed by atoms with van der Waals surface area (Å²) in [5.41, 5.74) is 5.82. The summed E-state index contributed by atoms with van der Waals surface area (Å²) in [6, 6.07) is 0. The fourth-order valence-corrected chi connectivity index (χ4v) is 2.82. The van der Waals surface area contributed by atoms with Gasteiger partial charge in [-0.2, -0.15) is 0 Å². The quantitative estimate of drug-likeness (QED) is 0.556. The van der Waals surface area contributed by atoms with Crippen LogP contribution in [-0.4, -0.2) is 55.5 Å². The lowest BCUT2D eigenvalue weighted by molar-refractivity contribution is 0.200. The highest BCUT2D eigenvalue weighted by Gasteiger charge is 2.23. The van der Waals surface area contributed by atoms with E-state index in [-0.39, 0.29) is 0 Å². The Kier molecular flexibility index (Phi) is 4.04. The molecular formula is C12H24N4. The summed E-state index contributed by atoms with van der Waals surface area (Å²) in [6.07, 6.45) is 5.34. The van der Waals surface area contributed by atoms with Crippen LogP contribution in [0.3, 0.4) is 0 Å². The summed E-state index contributed by atoms with van der Waals surface area (Å²) in [5, 5.41) is 0. The number of aliphatic imine (C=N–C) groups is 1. The fraction of sp³-hybridized carbons (Fsp3) is 0.917. The molecule has 0 atom stereocenters. The van der Waals surface area contributed by atoms with Crippen molar-refractivity contribution in [1.82, 2.24) is 9.80 Å². The molecule has 2 rings (SSSR count).